The monoisotopic (exact) mass is 250 g/mol. The Morgan fingerprint density at radius 1 is 0.895 bits per heavy atom. The second kappa shape index (κ2) is 6.14. The van der Waals surface area contributed by atoms with E-state index in [9.17, 15) is 4.79 Å². The minimum atomic E-state index is -0.0716. The molecule has 0 spiro atoms. The number of carbonyl (C=O) groups excluding carboxylic acids is 1. The van der Waals surface area contributed by atoms with Crippen LogP contribution in [0.15, 0.2) is 48.5 Å². The standard InChI is InChI=1S/C18H18O/c1-14-7-3-4-8-16(14)11-12-17-9-5-6-10-18(17)15(2)13-19/h3-13,15H,1-2H3. The molecule has 96 valence electrons. The molecule has 1 unspecified atom stereocenters. The molecule has 0 aliphatic carbocycles. The van der Waals surface area contributed by atoms with Crippen molar-refractivity contribution in [1.29, 1.82) is 0 Å². The zero-order valence-electron chi connectivity index (χ0n) is 11.3. The molecule has 0 saturated heterocycles. The Morgan fingerprint density at radius 2 is 1.47 bits per heavy atom. The van der Waals surface area contributed by atoms with Gasteiger partial charge in [-0.3, -0.25) is 0 Å². The summed E-state index contributed by atoms with van der Waals surface area (Å²) in [6.07, 6.45) is 5.17. The topological polar surface area (TPSA) is 17.1 Å². The van der Waals surface area contributed by atoms with E-state index in [1.54, 1.807) is 0 Å². The molecular formula is C18H18O. The van der Waals surface area contributed by atoms with Crippen molar-refractivity contribution in [3.63, 3.8) is 0 Å². The van der Waals surface area contributed by atoms with Crippen LogP contribution < -0.4 is 0 Å². The first-order valence-corrected chi connectivity index (χ1v) is 6.50. The van der Waals surface area contributed by atoms with Gasteiger partial charge in [0.1, 0.15) is 6.29 Å². The zero-order valence-corrected chi connectivity index (χ0v) is 11.3. The second-order valence-corrected chi connectivity index (χ2v) is 4.74. The average Bonchev–Trinajstić information content (AvgIpc) is 2.46. The van der Waals surface area contributed by atoms with E-state index in [2.05, 4.69) is 31.2 Å². The Kier molecular flexibility index (Phi) is 4.30. The minimum absolute atomic E-state index is 0.0716. The third-order valence-electron chi connectivity index (χ3n) is 3.32. The van der Waals surface area contributed by atoms with Gasteiger partial charge in [-0.15, -0.1) is 0 Å². The van der Waals surface area contributed by atoms with Crippen molar-refractivity contribution in [3.05, 3.63) is 70.8 Å². The van der Waals surface area contributed by atoms with Gasteiger partial charge in [-0.25, -0.2) is 0 Å². The number of aryl methyl sites for hydroxylation is 1. The van der Waals surface area contributed by atoms with Crippen LogP contribution in [-0.2, 0) is 4.79 Å². The molecular weight excluding hydrogens is 232 g/mol. The second-order valence-electron chi connectivity index (χ2n) is 4.74. The van der Waals surface area contributed by atoms with Crippen LogP contribution in [0, 0.1) is 6.92 Å². The average molecular weight is 250 g/mol. The van der Waals surface area contributed by atoms with Gasteiger partial charge in [0.15, 0.2) is 0 Å². The molecule has 0 saturated carbocycles. The molecule has 2 aromatic rings. The Morgan fingerprint density at radius 3 is 2.16 bits per heavy atom. The molecule has 0 aliphatic heterocycles. The van der Waals surface area contributed by atoms with Gasteiger partial charge < -0.3 is 4.79 Å². The van der Waals surface area contributed by atoms with Gasteiger partial charge >= 0.3 is 0 Å². The summed E-state index contributed by atoms with van der Waals surface area (Å²) in [4.78, 5) is 11.0. The fourth-order valence-electron chi connectivity index (χ4n) is 2.10. The van der Waals surface area contributed by atoms with Gasteiger partial charge in [0.2, 0.25) is 0 Å². The van der Waals surface area contributed by atoms with Gasteiger partial charge in [-0.2, -0.15) is 0 Å². The van der Waals surface area contributed by atoms with Gasteiger partial charge in [0.25, 0.3) is 0 Å². The summed E-state index contributed by atoms with van der Waals surface area (Å²) < 4.78 is 0. The van der Waals surface area contributed by atoms with Crippen LogP contribution in [0.25, 0.3) is 12.2 Å². The summed E-state index contributed by atoms with van der Waals surface area (Å²) in [5, 5.41) is 0. The molecule has 2 rings (SSSR count). The fraction of sp³-hybridized carbons (Fsp3) is 0.167. The third-order valence-corrected chi connectivity index (χ3v) is 3.32. The van der Waals surface area contributed by atoms with Crippen LogP contribution in [0.3, 0.4) is 0 Å². The van der Waals surface area contributed by atoms with E-state index in [0.29, 0.717) is 0 Å². The van der Waals surface area contributed by atoms with Crippen molar-refractivity contribution >= 4 is 18.4 Å². The quantitative estimate of drug-likeness (QED) is 0.578. The number of benzene rings is 2. The molecule has 0 amide bonds. The molecule has 0 aliphatic rings. The van der Waals surface area contributed by atoms with E-state index in [4.69, 9.17) is 0 Å². The van der Waals surface area contributed by atoms with E-state index >= 15 is 0 Å². The van der Waals surface area contributed by atoms with Gasteiger partial charge in [0, 0.05) is 5.92 Å². The summed E-state index contributed by atoms with van der Waals surface area (Å²) in [5.74, 6) is -0.0716. The molecule has 0 aromatic heterocycles. The first-order valence-electron chi connectivity index (χ1n) is 6.50. The molecule has 1 nitrogen and oxygen atoms in total. The lowest BCUT2D eigenvalue weighted by molar-refractivity contribution is -0.108. The lowest BCUT2D eigenvalue weighted by Crippen LogP contribution is -1.96. The molecule has 19 heavy (non-hydrogen) atoms. The lowest BCUT2D eigenvalue weighted by atomic mass is 9.96. The van der Waals surface area contributed by atoms with Gasteiger partial charge in [-0.1, -0.05) is 67.6 Å². The molecule has 2 aromatic carbocycles. The Bertz CT molecular complexity index is 596. The number of carbonyl (C=O) groups is 1. The number of rotatable bonds is 4. The summed E-state index contributed by atoms with van der Waals surface area (Å²) in [6.45, 7) is 4.02. The summed E-state index contributed by atoms with van der Waals surface area (Å²) in [7, 11) is 0. The van der Waals surface area contributed by atoms with Crippen LogP contribution >= 0.6 is 0 Å². The number of hydrogen-bond donors (Lipinski definition) is 0. The SMILES string of the molecule is Cc1ccccc1C=Cc1ccccc1C(C)C=O. The lowest BCUT2D eigenvalue weighted by Gasteiger charge is -2.08. The maximum Gasteiger partial charge on any atom is 0.127 e. The maximum absolute atomic E-state index is 11.0. The van der Waals surface area contributed by atoms with E-state index in [1.807, 2.05) is 43.3 Å². The third kappa shape index (κ3) is 3.19. The van der Waals surface area contributed by atoms with E-state index < -0.39 is 0 Å². The van der Waals surface area contributed by atoms with Crippen molar-refractivity contribution in [1.82, 2.24) is 0 Å². The highest BCUT2D eigenvalue weighted by Crippen LogP contribution is 2.21. The van der Waals surface area contributed by atoms with Crippen molar-refractivity contribution in [2.45, 2.75) is 19.8 Å². The predicted molar refractivity (Wildman–Crippen MR) is 81.0 cm³/mol. The Hall–Kier alpha value is -2.15. The molecule has 0 fully saturated rings. The van der Waals surface area contributed by atoms with Crippen molar-refractivity contribution < 1.29 is 4.79 Å². The fourth-order valence-corrected chi connectivity index (χ4v) is 2.10. The summed E-state index contributed by atoms with van der Waals surface area (Å²) >= 11 is 0. The smallest absolute Gasteiger partial charge is 0.127 e. The molecule has 1 heteroatoms. The molecule has 0 N–H and O–H groups in total. The minimum Gasteiger partial charge on any atom is -0.303 e. The predicted octanol–water partition coefficient (Wildman–Crippen LogP) is 4.47. The van der Waals surface area contributed by atoms with E-state index in [0.717, 1.165) is 17.4 Å². The number of hydrogen-bond acceptors (Lipinski definition) is 1. The Labute approximate surface area is 114 Å². The highest BCUT2D eigenvalue weighted by atomic mass is 16.1. The first-order chi connectivity index (χ1) is 9.22. The highest BCUT2D eigenvalue weighted by molar-refractivity contribution is 5.75. The van der Waals surface area contributed by atoms with Crippen LogP contribution in [0.2, 0.25) is 0 Å². The van der Waals surface area contributed by atoms with Gasteiger partial charge in [0.05, 0.1) is 0 Å². The molecule has 0 bridgehead atoms. The normalized spacial score (nSPS) is 12.5. The van der Waals surface area contributed by atoms with E-state index in [-0.39, 0.29) is 5.92 Å². The maximum atomic E-state index is 11.0. The van der Waals surface area contributed by atoms with Gasteiger partial charge in [-0.05, 0) is 29.2 Å². The molecule has 0 heterocycles. The van der Waals surface area contributed by atoms with Crippen molar-refractivity contribution in [3.8, 4) is 0 Å². The molecule has 1 atom stereocenters. The first kappa shape index (κ1) is 13.3. The van der Waals surface area contributed by atoms with Crippen LogP contribution in [0.1, 0.15) is 35.1 Å². The Balaban J connectivity index is 2.34. The molecule has 0 radical (unpaired) electrons. The van der Waals surface area contributed by atoms with Crippen molar-refractivity contribution in [2.24, 2.45) is 0 Å². The van der Waals surface area contributed by atoms with E-state index in [1.165, 1.54) is 11.1 Å². The van der Waals surface area contributed by atoms with Crippen LogP contribution in [0.5, 0.6) is 0 Å². The van der Waals surface area contributed by atoms with Crippen LogP contribution in [-0.4, -0.2) is 6.29 Å². The highest BCUT2D eigenvalue weighted by Gasteiger charge is 2.06. The summed E-state index contributed by atoms with van der Waals surface area (Å²) in [5.41, 5.74) is 4.63. The zero-order chi connectivity index (χ0) is 13.7. The van der Waals surface area contributed by atoms with Crippen LogP contribution in [0.4, 0.5) is 0 Å². The van der Waals surface area contributed by atoms with Crippen molar-refractivity contribution in [2.75, 3.05) is 0 Å². The number of aldehydes is 1. The summed E-state index contributed by atoms with van der Waals surface area (Å²) in [6, 6.07) is 16.3. The largest absolute Gasteiger partial charge is 0.303 e.